The van der Waals surface area contributed by atoms with Crippen molar-refractivity contribution in [3.63, 3.8) is 0 Å². The number of ether oxygens (including phenoxy) is 1. The fourth-order valence-corrected chi connectivity index (χ4v) is 1.30. The number of benzene rings is 1. The molecular formula is C11H6F5N3O. The van der Waals surface area contributed by atoms with Crippen molar-refractivity contribution in [3.8, 4) is 11.6 Å². The first-order valence-electron chi connectivity index (χ1n) is 5.11. The molecule has 9 heteroatoms. The van der Waals surface area contributed by atoms with Crippen molar-refractivity contribution in [2.45, 2.75) is 6.18 Å². The molecule has 1 heterocycles. The largest absolute Gasteiger partial charge is 0.451 e. The minimum Gasteiger partial charge on any atom is -0.436 e. The van der Waals surface area contributed by atoms with E-state index >= 15 is 0 Å². The molecule has 0 bridgehead atoms. The van der Waals surface area contributed by atoms with Crippen molar-refractivity contribution < 1.29 is 26.7 Å². The van der Waals surface area contributed by atoms with E-state index in [-0.39, 0.29) is 0 Å². The molecule has 2 N–H and O–H groups in total. The molecular weight excluding hydrogens is 285 g/mol. The van der Waals surface area contributed by atoms with Gasteiger partial charge in [0, 0.05) is 6.07 Å². The fourth-order valence-electron chi connectivity index (χ4n) is 1.30. The lowest BCUT2D eigenvalue weighted by Crippen LogP contribution is -2.13. The van der Waals surface area contributed by atoms with E-state index in [9.17, 15) is 22.0 Å². The van der Waals surface area contributed by atoms with E-state index in [1.165, 1.54) is 0 Å². The molecule has 1 aromatic carbocycles. The second-order valence-electron chi connectivity index (χ2n) is 3.61. The molecule has 0 amide bonds. The third-order valence-corrected chi connectivity index (χ3v) is 2.11. The molecule has 0 atom stereocenters. The van der Waals surface area contributed by atoms with E-state index in [1.807, 2.05) is 0 Å². The predicted octanol–water partition coefficient (Wildman–Crippen LogP) is 3.15. The van der Waals surface area contributed by atoms with E-state index < -0.39 is 41.1 Å². The number of hydrogen-bond donors (Lipinski definition) is 1. The molecule has 0 radical (unpaired) electrons. The Morgan fingerprint density at radius 3 is 2.45 bits per heavy atom. The van der Waals surface area contributed by atoms with Crippen molar-refractivity contribution in [1.29, 1.82) is 0 Å². The van der Waals surface area contributed by atoms with Crippen LogP contribution in [0.3, 0.4) is 0 Å². The highest BCUT2D eigenvalue weighted by atomic mass is 19.4. The summed E-state index contributed by atoms with van der Waals surface area (Å²) in [6, 6.07) is 3.85. The summed E-state index contributed by atoms with van der Waals surface area (Å²) in [4.78, 5) is 6.02. The van der Waals surface area contributed by atoms with Crippen molar-refractivity contribution in [1.82, 2.24) is 9.97 Å². The van der Waals surface area contributed by atoms with Gasteiger partial charge in [-0.2, -0.15) is 22.5 Å². The summed E-state index contributed by atoms with van der Waals surface area (Å²) in [5, 5.41) is 0. The van der Waals surface area contributed by atoms with Gasteiger partial charge in [0.15, 0.2) is 11.6 Å². The average molecular weight is 291 g/mol. The number of nitrogens with two attached hydrogens (primary N) is 1. The van der Waals surface area contributed by atoms with Crippen molar-refractivity contribution in [3.05, 3.63) is 41.7 Å². The summed E-state index contributed by atoms with van der Waals surface area (Å²) in [7, 11) is 0. The van der Waals surface area contributed by atoms with Crippen LogP contribution in [-0.4, -0.2) is 9.97 Å². The Morgan fingerprint density at radius 1 is 1.10 bits per heavy atom. The first-order valence-corrected chi connectivity index (χ1v) is 5.11. The Kier molecular flexibility index (Phi) is 3.43. The molecule has 20 heavy (non-hydrogen) atoms. The maximum absolute atomic E-state index is 13.3. The molecule has 0 saturated heterocycles. The van der Waals surface area contributed by atoms with Crippen molar-refractivity contribution >= 4 is 5.82 Å². The Balaban J connectivity index is 2.39. The van der Waals surface area contributed by atoms with Crippen LogP contribution >= 0.6 is 0 Å². The SMILES string of the molecule is Nc1cc(Oc2cccc(F)c2F)nc(C(F)(F)F)n1. The van der Waals surface area contributed by atoms with E-state index in [0.29, 0.717) is 0 Å². The van der Waals surface area contributed by atoms with Crippen LogP contribution in [-0.2, 0) is 6.18 Å². The normalized spacial score (nSPS) is 11.4. The quantitative estimate of drug-likeness (QED) is 0.863. The zero-order valence-electron chi connectivity index (χ0n) is 9.58. The highest BCUT2D eigenvalue weighted by Gasteiger charge is 2.35. The second kappa shape index (κ2) is 4.91. The van der Waals surface area contributed by atoms with Gasteiger partial charge >= 0.3 is 6.18 Å². The number of rotatable bonds is 2. The van der Waals surface area contributed by atoms with Crippen LogP contribution in [0.1, 0.15) is 5.82 Å². The van der Waals surface area contributed by atoms with Crippen LogP contribution in [0.2, 0.25) is 0 Å². The predicted molar refractivity (Wildman–Crippen MR) is 57.9 cm³/mol. The molecule has 0 aliphatic heterocycles. The lowest BCUT2D eigenvalue weighted by atomic mass is 10.3. The van der Waals surface area contributed by atoms with E-state index in [4.69, 9.17) is 10.5 Å². The van der Waals surface area contributed by atoms with Crippen molar-refractivity contribution in [2.24, 2.45) is 0 Å². The van der Waals surface area contributed by atoms with Gasteiger partial charge < -0.3 is 10.5 Å². The van der Waals surface area contributed by atoms with Crippen LogP contribution in [0.4, 0.5) is 27.8 Å². The lowest BCUT2D eigenvalue weighted by Gasteiger charge is -2.09. The minimum atomic E-state index is -4.84. The van der Waals surface area contributed by atoms with Gasteiger partial charge in [-0.3, -0.25) is 0 Å². The van der Waals surface area contributed by atoms with Gasteiger partial charge in [-0.05, 0) is 12.1 Å². The maximum Gasteiger partial charge on any atom is 0.451 e. The molecule has 0 aliphatic carbocycles. The Labute approximate surface area is 109 Å². The number of alkyl halides is 3. The topological polar surface area (TPSA) is 61.0 Å². The van der Waals surface area contributed by atoms with Crippen molar-refractivity contribution in [2.75, 3.05) is 5.73 Å². The summed E-state index contributed by atoms with van der Waals surface area (Å²) in [6.45, 7) is 0. The van der Waals surface area contributed by atoms with Gasteiger partial charge in [-0.25, -0.2) is 9.37 Å². The zero-order valence-corrected chi connectivity index (χ0v) is 9.58. The molecule has 0 saturated carbocycles. The first kappa shape index (κ1) is 14.0. The van der Waals surface area contributed by atoms with E-state index in [2.05, 4.69) is 9.97 Å². The summed E-state index contributed by atoms with van der Waals surface area (Å²) < 4.78 is 68.4. The summed E-state index contributed by atoms with van der Waals surface area (Å²) >= 11 is 0. The molecule has 0 unspecified atom stereocenters. The van der Waals surface area contributed by atoms with Gasteiger partial charge in [0.05, 0.1) is 0 Å². The summed E-state index contributed by atoms with van der Waals surface area (Å²) in [6.07, 6.45) is -4.84. The molecule has 4 nitrogen and oxygen atoms in total. The van der Waals surface area contributed by atoms with Crippen LogP contribution in [0.25, 0.3) is 0 Å². The van der Waals surface area contributed by atoms with Crippen LogP contribution in [0, 0.1) is 11.6 Å². The molecule has 1 aromatic heterocycles. The summed E-state index contributed by atoms with van der Waals surface area (Å²) in [5.41, 5.74) is 5.18. The first-order chi connectivity index (χ1) is 9.27. The number of nitrogens with zero attached hydrogens (tertiary/aromatic N) is 2. The molecule has 0 aliphatic rings. The Bertz CT molecular complexity index is 644. The smallest absolute Gasteiger partial charge is 0.436 e. The molecule has 106 valence electrons. The number of halogens is 5. The Hall–Kier alpha value is -2.45. The third kappa shape index (κ3) is 2.92. The maximum atomic E-state index is 13.3. The minimum absolute atomic E-state index is 0.515. The van der Waals surface area contributed by atoms with Gasteiger partial charge in [-0.15, -0.1) is 0 Å². The zero-order chi connectivity index (χ0) is 14.9. The van der Waals surface area contributed by atoms with Gasteiger partial charge in [-0.1, -0.05) is 6.07 Å². The number of nitrogen functional groups attached to an aromatic ring is 1. The number of anilines is 1. The van der Waals surface area contributed by atoms with Crippen LogP contribution < -0.4 is 10.5 Å². The van der Waals surface area contributed by atoms with Gasteiger partial charge in [0.2, 0.25) is 17.5 Å². The van der Waals surface area contributed by atoms with Gasteiger partial charge in [0.25, 0.3) is 0 Å². The number of hydrogen-bond acceptors (Lipinski definition) is 4. The summed E-state index contributed by atoms with van der Waals surface area (Å²) in [5.74, 6) is -5.87. The van der Waals surface area contributed by atoms with Gasteiger partial charge in [0.1, 0.15) is 5.82 Å². The second-order valence-corrected chi connectivity index (χ2v) is 3.61. The highest BCUT2D eigenvalue weighted by Crippen LogP contribution is 2.30. The Morgan fingerprint density at radius 2 is 1.80 bits per heavy atom. The molecule has 2 rings (SSSR count). The third-order valence-electron chi connectivity index (χ3n) is 2.11. The monoisotopic (exact) mass is 291 g/mol. The highest BCUT2D eigenvalue weighted by molar-refractivity contribution is 5.36. The fraction of sp³-hybridized carbons (Fsp3) is 0.0909. The molecule has 2 aromatic rings. The van der Waals surface area contributed by atoms with E-state index in [1.54, 1.807) is 0 Å². The van der Waals surface area contributed by atoms with Crippen LogP contribution in [0.5, 0.6) is 11.6 Å². The average Bonchev–Trinajstić information content (AvgIpc) is 2.33. The van der Waals surface area contributed by atoms with E-state index in [0.717, 1.165) is 24.3 Å². The number of aromatic nitrogens is 2. The molecule has 0 spiro atoms. The lowest BCUT2D eigenvalue weighted by molar-refractivity contribution is -0.145. The standard InChI is InChI=1S/C11H6F5N3O/c12-5-2-1-3-6(9(5)13)20-8-4-7(17)18-10(19-8)11(14,15)16/h1-4H,(H2,17,18,19). The van der Waals surface area contributed by atoms with Crippen LogP contribution in [0.15, 0.2) is 24.3 Å². The molecule has 0 fully saturated rings.